The number of hydrogen-bond donors (Lipinski definition) is 0. The molecule has 15 heavy (non-hydrogen) atoms. The van der Waals surface area contributed by atoms with Gasteiger partial charge in [-0.3, -0.25) is 4.79 Å². The highest BCUT2D eigenvalue weighted by atomic mass is 32.2. The fraction of sp³-hybridized carbons (Fsp3) is 0.818. The summed E-state index contributed by atoms with van der Waals surface area (Å²) in [6.45, 7) is 1.67. The minimum Gasteiger partial charge on any atom is -0.340 e. The van der Waals surface area contributed by atoms with Gasteiger partial charge >= 0.3 is 0 Å². The summed E-state index contributed by atoms with van der Waals surface area (Å²) in [6, 6.07) is 2.23. The summed E-state index contributed by atoms with van der Waals surface area (Å²) in [5, 5.41) is 9.11. The average Bonchev–Trinajstić information content (AvgIpc) is 2.44. The summed E-state index contributed by atoms with van der Waals surface area (Å²) in [6.07, 6.45) is 3.64. The van der Waals surface area contributed by atoms with E-state index in [0.717, 1.165) is 50.3 Å². The van der Waals surface area contributed by atoms with Crippen LogP contribution in [-0.2, 0) is 4.79 Å². The summed E-state index contributed by atoms with van der Waals surface area (Å²) in [5.41, 5.74) is -0.644. The molecule has 82 valence electrons. The molecular weight excluding hydrogens is 208 g/mol. The Morgan fingerprint density at radius 3 is 2.67 bits per heavy atom. The van der Waals surface area contributed by atoms with E-state index in [4.69, 9.17) is 5.26 Å². The third kappa shape index (κ3) is 1.98. The minimum absolute atomic E-state index is 0.0961. The van der Waals surface area contributed by atoms with Gasteiger partial charge < -0.3 is 4.90 Å². The van der Waals surface area contributed by atoms with Crippen molar-refractivity contribution in [2.75, 3.05) is 24.6 Å². The number of amides is 1. The van der Waals surface area contributed by atoms with Gasteiger partial charge in [-0.15, -0.1) is 0 Å². The number of thioether (sulfide) groups is 1. The van der Waals surface area contributed by atoms with Crippen LogP contribution in [0.1, 0.15) is 25.7 Å². The predicted octanol–water partition coefficient (Wildman–Crippen LogP) is 1.65. The molecule has 0 bridgehead atoms. The Morgan fingerprint density at radius 2 is 2.07 bits per heavy atom. The fourth-order valence-electron chi connectivity index (χ4n) is 2.16. The lowest BCUT2D eigenvalue weighted by molar-refractivity contribution is -0.142. The zero-order valence-electron chi connectivity index (χ0n) is 8.87. The molecule has 1 heterocycles. The lowest BCUT2D eigenvalue weighted by Gasteiger charge is -2.37. The first-order valence-corrected chi connectivity index (χ1v) is 6.72. The smallest absolute Gasteiger partial charge is 0.243 e. The molecule has 1 amide bonds. The topological polar surface area (TPSA) is 44.1 Å². The minimum atomic E-state index is -0.644. The van der Waals surface area contributed by atoms with Crippen LogP contribution in [0.15, 0.2) is 0 Å². The normalized spacial score (nSPS) is 24.9. The quantitative estimate of drug-likeness (QED) is 0.680. The van der Waals surface area contributed by atoms with E-state index < -0.39 is 5.41 Å². The molecule has 0 atom stereocenters. The second-order valence-electron chi connectivity index (χ2n) is 4.31. The molecule has 0 N–H and O–H groups in total. The molecule has 0 aromatic carbocycles. The number of nitrogens with zero attached hydrogens (tertiary/aromatic N) is 2. The van der Waals surface area contributed by atoms with Crippen LogP contribution in [0.4, 0.5) is 0 Å². The Kier molecular flexibility index (Phi) is 3.20. The van der Waals surface area contributed by atoms with Gasteiger partial charge in [-0.2, -0.15) is 17.0 Å². The van der Waals surface area contributed by atoms with Crippen LogP contribution in [0.5, 0.6) is 0 Å². The SMILES string of the molecule is N#CC1(C(=O)N2CCCSCC2)CCC1. The van der Waals surface area contributed by atoms with Crippen molar-refractivity contribution in [3.8, 4) is 6.07 Å². The van der Waals surface area contributed by atoms with E-state index in [1.165, 1.54) is 0 Å². The van der Waals surface area contributed by atoms with Gasteiger partial charge in [0, 0.05) is 18.8 Å². The van der Waals surface area contributed by atoms with Crippen LogP contribution in [-0.4, -0.2) is 35.4 Å². The molecule has 2 rings (SSSR count). The van der Waals surface area contributed by atoms with Gasteiger partial charge in [0.1, 0.15) is 5.41 Å². The monoisotopic (exact) mass is 224 g/mol. The first kappa shape index (κ1) is 10.8. The number of carbonyl (C=O) groups excluding carboxylic acids is 1. The first-order chi connectivity index (χ1) is 7.28. The second-order valence-corrected chi connectivity index (χ2v) is 5.53. The lowest BCUT2D eigenvalue weighted by Crippen LogP contribution is -2.47. The Hall–Kier alpha value is -0.690. The predicted molar refractivity (Wildman–Crippen MR) is 60.4 cm³/mol. The van der Waals surface area contributed by atoms with Crippen molar-refractivity contribution in [2.24, 2.45) is 5.41 Å². The van der Waals surface area contributed by atoms with Crippen molar-refractivity contribution in [3.05, 3.63) is 0 Å². The molecule has 3 nitrogen and oxygen atoms in total. The van der Waals surface area contributed by atoms with Gasteiger partial charge in [0.15, 0.2) is 0 Å². The zero-order chi connectivity index (χ0) is 10.7. The zero-order valence-corrected chi connectivity index (χ0v) is 9.68. The van der Waals surface area contributed by atoms with Crippen molar-refractivity contribution in [1.29, 1.82) is 5.26 Å². The number of carbonyl (C=O) groups is 1. The van der Waals surface area contributed by atoms with Gasteiger partial charge in [0.05, 0.1) is 6.07 Å². The third-order valence-electron chi connectivity index (χ3n) is 3.34. The van der Waals surface area contributed by atoms with E-state index in [1.807, 2.05) is 16.7 Å². The molecular formula is C11H16N2OS. The van der Waals surface area contributed by atoms with Crippen LogP contribution in [0.25, 0.3) is 0 Å². The van der Waals surface area contributed by atoms with Crippen LogP contribution in [0.3, 0.4) is 0 Å². The standard InChI is InChI=1S/C11H16N2OS/c12-9-11(3-1-4-11)10(14)13-5-2-7-15-8-6-13/h1-8H2. The molecule has 2 fully saturated rings. The average molecular weight is 224 g/mol. The van der Waals surface area contributed by atoms with Gasteiger partial charge in [-0.05, 0) is 31.4 Å². The van der Waals surface area contributed by atoms with E-state index in [0.29, 0.717) is 0 Å². The molecule has 0 unspecified atom stereocenters. The summed E-state index contributed by atoms with van der Waals surface area (Å²) in [5.74, 6) is 2.26. The van der Waals surface area contributed by atoms with E-state index >= 15 is 0 Å². The van der Waals surface area contributed by atoms with E-state index in [2.05, 4.69) is 6.07 Å². The maximum absolute atomic E-state index is 12.2. The Labute approximate surface area is 94.8 Å². The van der Waals surface area contributed by atoms with Crippen molar-refractivity contribution in [2.45, 2.75) is 25.7 Å². The summed E-state index contributed by atoms with van der Waals surface area (Å²) < 4.78 is 0. The molecule has 0 aromatic rings. The largest absolute Gasteiger partial charge is 0.340 e. The second kappa shape index (κ2) is 4.44. The molecule has 1 saturated heterocycles. The number of rotatable bonds is 1. The molecule has 0 radical (unpaired) electrons. The Morgan fingerprint density at radius 1 is 1.27 bits per heavy atom. The van der Waals surface area contributed by atoms with Crippen LogP contribution >= 0.6 is 11.8 Å². The fourth-order valence-corrected chi connectivity index (χ4v) is 3.04. The molecule has 0 aromatic heterocycles. The van der Waals surface area contributed by atoms with Crippen LogP contribution in [0.2, 0.25) is 0 Å². The lowest BCUT2D eigenvalue weighted by atomic mass is 9.69. The van der Waals surface area contributed by atoms with Gasteiger partial charge in [0.25, 0.3) is 0 Å². The maximum Gasteiger partial charge on any atom is 0.243 e. The van der Waals surface area contributed by atoms with E-state index in [9.17, 15) is 4.79 Å². The molecule has 2 aliphatic rings. The van der Waals surface area contributed by atoms with Crippen molar-refractivity contribution >= 4 is 17.7 Å². The van der Waals surface area contributed by atoms with Crippen LogP contribution in [0, 0.1) is 16.7 Å². The molecule has 1 aliphatic carbocycles. The van der Waals surface area contributed by atoms with Crippen molar-refractivity contribution in [1.82, 2.24) is 4.90 Å². The molecule has 4 heteroatoms. The molecule has 1 aliphatic heterocycles. The molecule has 0 spiro atoms. The highest BCUT2D eigenvalue weighted by Gasteiger charge is 2.46. The Bertz CT molecular complexity index is 285. The van der Waals surface area contributed by atoms with Gasteiger partial charge in [-0.1, -0.05) is 0 Å². The first-order valence-electron chi connectivity index (χ1n) is 5.57. The number of nitriles is 1. The summed E-state index contributed by atoms with van der Waals surface area (Å²) in [7, 11) is 0. The highest BCUT2D eigenvalue weighted by molar-refractivity contribution is 7.99. The van der Waals surface area contributed by atoms with Crippen molar-refractivity contribution in [3.63, 3.8) is 0 Å². The summed E-state index contributed by atoms with van der Waals surface area (Å²) in [4.78, 5) is 14.1. The van der Waals surface area contributed by atoms with Crippen LogP contribution < -0.4 is 0 Å². The number of hydrogen-bond acceptors (Lipinski definition) is 3. The van der Waals surface area contributed by atoms with Gasteiger partial charge in [-0.25, -0.2) is 0 Å². The third-order valence-corrected chi connectivity index (χ3v) is 4.39. The summed E-state index contributed by atoms with van der Waals surface area (Å²) >= 11 is 1.90. The van der Waals surface area contributed by atoms with E-state index in [1.54, 1.807) is 0 Å². The molecule has 1 saturated carbocycles. The maximum atomic E-state index is 12.2. The highest BCUT2D eigenvalue weighted by Crippen LogP contribution is 2.42. The van der Waals surface area contributed by atoms with Gasteiger partial charge in [0.2, 0.25) is 5.91 Å². The van der Waals surface area contributed by atoms with E-state index in [-0.39, 0.29) is 5.91 Å². The Balaban J connectivity index is 2.02. The van der Waals surface area contributed by atoms with Crippen molar-refractivity contribution < 1.29 is 4.79 Å².